The third kappa shape index (κ3) is 5.18. The van der Waals surface area contributed by atoms with Crippen LogP contribution >= 0.6 is 0 Å². The maximum Gasteiger partial charge on any atom is 0.311 e. The molecule has 2 aromatic rings. The minimum atomic E-state index is -0.836. The van der Waals surface area contributed by atoms with Gasteiger partial charge in [0.1, 0.15) is 0 Å². The van der Waals surface area contributed by atoms with Gasteiger partial charge in [0.2, 0.25) is 5.91 Å². The summed E-state index contributed by atoms with van der Waals surface area (Å²) in [7, 11) is 0. The topological polar surface area (TPSA) is 162 Å². The van der Waals surface area contributed by atoms with Crippen LogP contribution in [-0.2, 0) is 19.1 Å². The van der Waals surface area contributed by atoms with Gasteiger partial charge in [-0.2, -0.15) is 0 Å². The minimum Gasteiger partial charge on any atom is -0.455 e. The molecule has 2 aromatic carbocycles. The van der Waals surface area contributed by atoms with Crippen LogP contribution in [0.25, 0.3) is 0 Å². The van der Waals surface area contributed by atoms with Gasteiger partial charge in [-0.05, 0) is 12.1 Å². The molecule has 1 heterocycles. The number of carbonyl (C=O) groups is 3. The van der Waals surface area contributed by atoms with Crippen LogP contribution in [-0.4, -0.2) is 40.8 Å². The Morgan fingerprint density at radius 1 is 1.06 bits per heavy atom. The lowest BCUT2D eigenvalue weighted by molar-refractivity contribution is -0.385. The highest BCUT2D eigenvalue weighted by atomic mass is 16.6. The van der Waals surface area contributed by atoms with E-state index in [9.17, 15) is 34.6 Å². The Bertz CT molecular complexity index is 1070. The maximum absolute atomic E-state index is 12.3. The highest BCUT2D eigenvalue weighted by Crippen LogP contribution is 2.28. The number of nitro benzene ring substituents is 2. The Labute approximate surface area is 174 Å². The van der Waals surface area contributed by atoms with E-state index in [-0.39, 0.29) is 35.7 Å². The second-order valence-corrected chi connectivity index (χ2v) is 6.65. The van der Waals surface area contributed by atoms with Gasteiger partial charge in [0.05, 0.1) is 21.5 Å². The highest BCUT2D eigenvalue weighted by Gasteiger charge is 2.36. The molecule has 2 amide bonds. The van der Waals surface area contributed by atoms with Crippen molar-refractivity contribution >= 4 is 40.5 Å². The van der Waals surface area contributed by atoms with E-state index < -0.39 is 40.2 Å². The zero-order valence-corrected chi connectivity index (χ0v) is 15.9. The molecule has 0 radical (unpaired) electrons. The van der Waals surface area contributed by atoms with Gasteiger partial charge in [0.15, 0.2) is 6.61 Å². The molecule has 0 aliphatic carbocycles. The number of carbonyl (C=O) groups excluding carboxylic acids is 3. The van der Waals surface area contributed by atoms with E-state index in [1.54, 1.807) is 0 Å². The molecule has 1 atom stereocenters. The number of anilines is 2. The molecule has 0 spiro atoms. The van der Waals surface area contributed by atoms with Gasteiger partial charge < -0.3 is 15.0 Å². The number of hydrogen-bond acceptors (Lipinski definition) is 8. The predicted octanol–water partition coefficient (Wildman–Crippen LogP) is 2.04. The van der Waals surface area contributed by atoms with Gasteiger partial charge in [-0.3, -0.25) is 34.6 Å². The number of non-ortho nitro benzene ring substituents is 2. The molecular weight excluding hydrogens is 412 g/mol. The molecule has 3 rings (SSSR count). The number of benzene rings is 2. The first-order valence-electron chi connectivity index (χ1n) is 9.00. The minimum absolute atomic E-state index is 0.0364. The number of nitrogens with zero attached hydrogens (tertiary/aromatic N) is 3. The lowest BCUT2D eigenvalue weighted by Crippen LogP contribution is -2.28. The van der Waals surface area contributed by atoms with Crippen molar-refractivity contribution in [2.45, 2.75) is 6.42 Å². The molecule has 31 heavy (non-hydrogen) atoms. The van der Waals surface area contributed by atoms with Crippen molar-refractivity contribution in [2.24, 2.45) is 5.92 Å². The van der Waals surface area contributed by atoms with Crippen LogP contribution in [0.4, 0.5) is 22.7 Å². The fourth-order valence-corrected chi connectivity index (χ4v) is 3.04. The van der Waals surface area contributed by atoms with Crippen LogP contribution in [0.5, 0.6) is 0 Å². The van der Waals surface area contributed by atoms with Crippen LogP contribution in [0.1, 0.15) is 6.42 Å². The fraction of sp³-hybridized carbons (Fsp3) is 0.211. The summed E-state index contributed by atoms with van der Waals surface area (Å²) in [4.78, 5) is 58.2. The van der Waals surface area contributed by atoms with Crippen LogP contribution < -0.4 is 10.2 Å². The first-order chi connectivity index (χ1) is 14.7. The third-order valence-corrected chi connectivity index (χ3v) is 4.50. The molecule has 160 valence electrons. The van der Waals surface area contributed by atoms with Crippen LogP contribution in [0.3, 0.4) is 0 Å². The Balaban J connectivity index is 1.55. The van der Waals surface area contributed by atoms with Crippen LogP contribution in [0.15, 0.2) is 48.5 Å². The van der Waals surface area contributed by atoms with Gasteiger partial charge in [0, 0.05) is 42.9 Å². The molecule has 1 fully saturated rings. The highest BCUT2D eigenvalue weighted by molar-refractivity contribution is 6.00. The summed E-state index contributed by atoms with van der Waals surface area (Å²) in [6.45, 7) is -0.672. The average molecular weight is 428 g/mol. The van der Waals surface area contributed by atoms with E-state index in [4.69, 9.17) is 4.74 Å². The van der Waals surface area contributed by atoms with Crippen molar-refractivity contribution in [2.75, 3.05) is 23.4 Å². The zero-order chi connectivity index (χ0) is 22.5. The Hall–Kier alpha value is -4.35. The Morgan fingerprint density at radius 2 is 1.71 bits per heavy atom. The van der Waals surface area contributed by atoms with Gasteiger partial charge in [0.25, 0.3) is 17.3 Å². The number of hydrogen-bond donors (Lipinski definition) is 1. The molecule has 1 saturated heterocycles. The lowest BCUT2D eigenvalue weighted by Gasteiger charge is -2.16. The molecule has 1 aliphatic rings. The van der Waals surface area contributed by atoms with Gasteiger partial charge in [-0.15, -0.1) is 0 Å². The van der Waals surface area contributed by atoms with Gasteiger partial charge >= 0.3 is 5.97 Å². The quantitative estimate of drug-likeness (QED) is 0.398. The van der Waals surface area contributed by atoms with Crippen LogP contribution in [0.2, 0.25) is 0 Å². The first kappa shape index (κ1) is 21.4. The normalized spacial score (nSPS) is 15.4. The fourth-order valence-electron chi connectivity index (χ4n) is 3.04. The van der Waals surface area contributed by atoms with E-state index in [0.717, 1.165) is 6.07 Å². The summed E-state index contributed by atoms with van der Waals surface area (Å²) < 4.78 is 4.96. The van der Waals surface area contributed by atoms with Gasteiger partial charge in [-0.1, -0.05) is 12.1 Å². The van der Waals surface area contributed by atoms with Crippen molar-refractivity contribution in [1.82, 2.24) is 0 Å². The average Bonchev–Trinajstić information content (AvgIpc) is 3.14. The number of rotatable bonds is 7. The van der Waals surface area contributed by atoms with E-state index in [2.05, 4.69) is 5.32 Å². The van der Waals surface area contributed by atoms with E-state index in [1.165, 1.54) is 47.4 Å². The largest absolute Gasteiger partial charge is 0.455 e. The van der Waals surface area contributed by atoms with Gasteiger partial charge in [-0.25, -0.2) is 0 Å². The lowest BCUT2D eigenvalue weighted by atomic mass is 10.1. The summed E-state index contributed by atoms with van der Waals surface area (Å²) in [5.41, 5.74) is 0.0655. The second-order valence-electron chi connectivity index (χ2n) is 6.65. The van der Waals surface area contributed by atoms with Crippen molar-refractivity contribution in [3.05, 3.63) is 68.8 Å². The van der Waals surface area contributed by atoms with Crippen molar-refractivity contribution in [1.29, 1.82) is 0 Å². The summed E-state index contributed by atoms with van der Waals surface area (Å²) >= 11 is 0. The smallest absolute Gasteiger partial charge is 0.311 e. The molecule has 12 nitrogen and oxygen atoms in total. The van der Waals surface area contributed by atoms with E-state index >= 15 is 0 Å². The summed E-state index contributed by atoms with van der Waals surface area (Å²) in [5, 5.41) is 24.1. The zero-order valence-electron chi connectivity index (χ0n) is 15.9. The van der Waals surface area contributed by atoms with Crippen molar-refractivity contribution in [3.63, 3.8) is 0 Å². The second kappa shape index (κ2) is 8.98. The molecule has 0 bridgehead atoms. The number of esters is 1. The Morgan fingerprint density at radius 3 is 2.39 bits per heavy atom. The standard InChI is InChI=1S/C19H16N4O8/c24-17(20-13-3-1-5-15(8-13)22(27)28)11-31-19(26)12-7-18(25)21(10-12)14-4-2-6-16(9-14)23(29)30/h1-6,8-9,12H,7,10-11H2,(H,20,24)/t12-/m0/s1. The number of nitrogens with one attached hydrogen (secondary N) is 1. The number of nitro groups is 2. The molecule has 0 unspecified atom stereocenters. The third-order valence-electron chi connectivity index (χ3n) is 4.50. The SMILES string of the molecule is O=C(COC(=O)[C@H]1CC(=O)N(c2cccc([N+](=O)[O-])c2)C1)Nc1cccc([N+](=O)[O-])c1. The Kier molecular flexibility index (Phi) is 6.19. The maximum atomic E-state index is 12.3. The molecule has 0 aromatic heterocycles. The first-order valence-corrected chi connectivity index (χ1v) is 9.00. The summed E-state index contributed by atoms with van der Waals surface area (Å²) in [6.07, 6.45) is -0.159. The van der Waals surface area contributed by atoms with Crippen molar-refractivity contribution in [3.8, 4) is 0 Å². The van der Waals surface area contributed by atoms with E-state index in [0.29, 0.717) is 0 Å². The monoisotopic (exact) mass is 428 g/mol. The summed E-state index contributed by atoms with van der Waals surface area (Å²) in [6, 6.07) is 10.7. The molecular formula is C19H16N4O8. The number of amides is 2. The van der Waals surface area contributed by atoms with E-state index in [1.807, 2.05) is 0 Å². The molecule has 1 aliphatic heterocycles. The molecule has 0 saturated carbocycles. The number of ether oxygens (including phenoxy) is 1. The van der Waals surface area contributed by atoms with Crippen LogP contribution in [0, 0.1) is 26.1 Å². The summed E-state index contributed by atoms with van der Waals surface area (Å²) in [5.74, 6) is -2.70. The molecule has 1 N–H and O–H groups in total. The van der Waals surface area contributed by atoms with Crippen molar-refractivity contribution < 1.29 is 29.0 Å². The predicted molar refractivity (Wildman–Crippen MR) is 106 cm³/mol. The molecule has 12 heteroatoms.